The van der Waals surface area contributed by atoms with Gasteiger partial charge in [-0.25, -0.2) is 0 Å². The van der Waals surface area contributed by atoms with Crippen LogP contribution in [0.15, 0.2) is 24.3 Å². The van der Waals surface area contributed by atoms with Gasteiger partial charge in [0, 0.05) is 10.00 Å². The number of aliphatic hydroxyl groups is 1. The van der Waals surface area contributed by atoms with Crippen molar-refractivity contribution in [2.75, 3.05) is 0 Å². The molecule has 1 aromatic carbocycles. The van der Waals surface area contributed by atoms with E-state index in [0.717, 1.165) is 12.0 Å². The molecule has 2 rings (SSSR count). The second-order valence-electron chi connectivity index (χ2n) is 5.10. The van der Waals surface area contributed by atoms with Crippen molar-refractivity contribution in [1.82, 2.24) is 0 Å². The van der Waals surface area contributed by atoms with Gasteiger partial charge in [0.25, 0.3) is 0 Å². The van der Waals surface area contributed by atoms with E-state index in [-0.39, 0.29) is 10.9 Å². The molecule has 0 spiro atoms. The molecule has 0 aromatic heterocycles. The monoisotopic (exact) mass is 222 g/mol. The van der Waals surface area contributed by atoms with Crippen LogP contribution in [0, 0.1) is 0 Å². The zero-order valence-corrected chi connectivity index (χ0v) is 10.3. The topological polar surface area (TPSA) is 20.2 Å². The van der Waals surface area contributed by atoms with Gasteiger partial charge in [-0.3, -0.25) is 0 Å². The standard InChI is InChI=1S/C13H18OS/c1-13(2,3)15-12-8-11(14)9-6-4-5-7-10(9)12/h4-7,11-12,14H,8H2,1-3H3. The molecule has 0 saturated heterocycles. The van der Waals surface area contributed by atoms with Crippen LogP contribution >= 0.6 is 11.8 Å². The fourth-order valence-electron chi connectivity index (χ4n) is 2.10. The number of aliphatic hydroxyl groups excluding tert-OH is 1. The van der Waals surface area contributed by atoms with E-state index in [1.54, 1.807) is 0 Å². The van der Waals surface area contributed by atoms with Crippen molar-refractivity contribution in [3.05, 3.63) is 35.4 Å². The highest BCUT2D eigenvalue weighted by atomic mass is 32.2. The first-order valence-corrected chi connectivity index (χ1v) is 6.30. The number of fused-ring (bicyclic) bond motifs is 1. The van der Waals surface area contributed by atoms with E-state index in [0.29, 0.717) is 5.25 Å². The van der Waals surface area contributed by atoms with Crippen molar-refractivity contribution in [2.24, 2.45) is 0 Å². The summed E-state index contributed by atoms with van der Waals surface area (Å²) in [6.45, 7) is 6.68. The quantitative estimate of drug-likeness (QED) is 0.782. The SMILES string of the molecule is CC(C)(C)SC1CC(O)c2ccccc21. The lowest BCUT2D eigenvalue weighted by Gasteiger charge is -2.23. The van der Waals surface area contributed by atoms with Crippen LogP contribution < -0.4 is 0 Å². The minimum atomic E-state index is -0.263. The summed E-state index contributed by atoms with van der Waals surface area (Å²) in [7, 11) is 0. The van der Waals surface area contributed by atoms with Crippen LogP contribution in [0.1, 0.15) is 49.7 Å². The lowest BCUT2D eigenvalue weighted by atomic mass is 10.1. The Bertz CT molecular complexity index is 354. The summed E-state index contributed by atoms with van der Waals surface area (Å²) < 4.78 is 0.252. The molecule has 0 bridgehead atoms. The molecule has 0 heterocycles. The molecular weight excluding hydrogens is 204 g/mol. The zero-order chi connectivity index (χ0) is 11.1. The molecule has 2 heteroatoms. The third-order valence-electron chi connectivity index (χ3n) is 2.64. The highest BCUT2D eigenvalue weighted by molar-refractivity contribution is 8.00. The van der Waals surface area contributed by atoms with Crippen molar-refractivity contribution in [2.45, 2.75) is 43.3 Å². The first-order chi connectivity index (χ1) is 6.97. The molecule has 0 fully saturated rings. The molecule has 1 nitrogen and oxygen atoms in total. The van der Waals surface area contributed by atoms with E-state index < -0.39 is 0 Å². The second-order valence-corrected chi connectivity index (χ2v) is 7.13. The van der Waals surface area contributed by atoms with Crippen LogP contribution in [0.4, 0.5) is 0 Å². The largest absolute Gasteiger partial charge is 0.388 e. The molecule has 0 amide bonds. The predicted octanol–water partition coefficient (Wildman–Crippen LogP) is 3.70. The molecule has 1 aliphatic carbocycles. The number of hydrogen-bond donors (Lipinski definition) is 1. The van der Waals surface area contributed by atoms with Gasteiger partial charge in [0.2, 0.25) is 0 Å². The summed E-state index contributed by atoms with van der Waals surface area (Å²) in [6.07, 6.45) is 0.599. The molecule has 82 valence electrons. The van der Waals surface area contributed by atoms with E-state index in [9.17, 15) is 5.11 Å². The third kappa shape index (κ3) is 2.37. The van der Waals surface area contributed by atoms with Crippen LogP contribution in [-0.2, 0) is 0 Å². The van der Waals surface area contributed by atoms with Gasteiger partial charge < -0.3 is 5.11 Å². The molecule has 2 atom stereocenters. The minimum Gasteiger partial charge on any atom is -0.388 e. The lowest BCUT2D eigenvalue weighted by molar-refractivity contribution is 0.179. The molecule has 1 N–H and O–H groups in total. The van der Waals surface area contributed by atoms with E-state index in [2.05, 4.69) is 32.9 Å². The van der Waals surface area contributed by atoms with Gasteiger partial charge in [-0.1, -0.05) is 45.0 Å². The minimum absolute atomic E-state index is 0.252. The van der Waals surface area contributed by atoms with Gasteiger partial charge in [-0.05, 0) is 17.5 Å². The Morgan fingerprint density at radius 1 is 1.20 bits per heavy atom. The summed E-state index contributed by atoms with van der Waals surface area (Å²) in [5, 5.41) is 10.4. The summed E-state index contributed by atoms with van der Waals surface area (Å²) >= 11 is 1.95. The van der Waals surface area contributed by atoms with Crippen molar-refractivity contribution in [1.29, 1.82) is 0 Å². The molecule has 0 radical (unpaired) electrons. The highest BCUT2D eigenvalue weighted by Crippen LogP contribution is 2.50. The van der Waals surface area contributed by atoms with Crippen LogP contribution in [0.3, 0.4) is 0 Å². The molecule has 0 aliphatic heterocycles. The normalized spacial score (nSPS) is 25.3. The maximum Gasteiger partial charge on any atom is 0.0806 e. The summed E-state index contributed by atoms with van der Waals surface area (Å²) in [4.78, 5) is 0. The van der Waals surface area contributed by atoms with Crippen LogP contribution in [-0.4, -0.2) is 9.85 Å². The Morgan fingerprint density at radius 3 is 2.40 bits per heavy atom. The number of hydrogen-bond acceptors (Lipinski definition) is 2. The van der Waals surface area contributed by atoms with Crippen molar-refractivity contribution in [3.63, 3.8) is 0 Å². The Morgan fingerprint density at radius 2 is 1.80 bits per heavy atom. The van der Waals surface area contributed by atoms with Crippen LogP contribution in [0.5, 0.6) is 0 Å². The average Bonchev–Trinajstić information content (AvgIpc) is 2.42. The fraction of sp³-hybridized carbons (Fsp3) is 0.538. The maximum atomic E-state index is 9.94. The Kier molecular flexibility index (Phi) is 2.82. The van der Waals surface area contributed by atoms with Gasteiger partial charge in [-0.2, -0.15) is 0 Å². The maximum absolute atomic E-state index is 9.94. The zero-order valence-electron chi connectivity index (χ0n) is 9.53. The molecular formula is C13H18OS. The molecule has 2 unspecified atom stereocenters. The average molecular weight is 222 g/mol. The second kappa shape index (κ2) is 3.84. The van der Waals surface area contributed by atoms with Gasteiger partial charge in [-0.15, -0.1) is 11.8 Å². The summed E-state index contributed by atoms with van der Waals surface area (Å²) in [5.41, 5.74) is 2.45. The van der Waals surface area contributed by atoms with Gasteiger partial charge in [0.1, 0.15) is 0 Å². The first kappa shape index (κ1) is 11.0. The van der Waals surface area contributed by atoms with Crippen LogP contribution in [0.25, 0.3) is 0 Å². The number of rotatable bonds is 1. The molecule has 15 heavy (non-hydrogen) atoms. The molecule has 0 saturated carbocycles. The predicted molar refractivity (Wildman–Crippen MR) is 66.1 cm³/mol. The van der Waals surface area contributed by atoms with Gasteiger partial charge in [0.15, 0.2) is 0 Å². The third-order valence-corrected chi connectivity index (χ3v) is 4.07. The Labute approximate surface area is 95.9 Å². The van der Waals surface area contributed by atoms with E-state index in [1.165, 1.54) is 5.56 Å². The van der Waals surface area contributed by atoms with Gasteiger partial charge >= 0.3 is 0 Å². The summed E-state index contributed by atoms with van der Waals surface area (Å²) in [5.74, 6) is 0. The fourth-order valence-corrected chi connectivity index (χ4v) is 3.58. The lowest BCUT2D eigenvalue weighted by Crippen LogP contribution is -2.10. The van der Waals surface area contributed by atoms with E-state index in [1.807, 2.05) is 23.9 Å². The highest BCUT2D eigenvalue weighted by Gasteiger charge is 2.32. The first-order valence-electron chi connectivity index (χ1n) is 5.42. The van der Waals surface area contributed by atoms with Gasteiger partial charge in [0.05, 0.1) is 6.10 Å². The van der Waals surface area contributed by atoms with Crippen molar-refractivity contribution >= 4 is 11.8 Å². The van der Waals surface area contributed by atoms with E-state index in [4.69, 9.17) is 0 Å². The van der Waals surface area contributed by atoms with Crippen molar-refractivity contribution < 1.29 is 5.11 Å². The van der Waals surface area contributed by atoms with Crippen molar-refractivity contribution in [3.8, 4) is 0 Å². The number of benzene rings is 1. The molecule has 1 aliphatic rings. The molecule has 1 aromatic rings. The number of thioether (sulfide) groups is 1. The smallest absolute Gasteiger partial charge is 0.0806 e. The summed E-state index contributed by atoms with van der Waals surface area (Å²) in [6, 6.07) is 8.26. The Balaban J connectivity index is 2.25. The van der Waals surface area contributed by atoms with Crippen LogP contribution in [0.2, 0.25) is 0 Å². The van der Waals surface area contributed by atoms with E-state index >= 15 is 0 Å². The Hall–Kier alpha value is -0.470.